The molecule has 0 spiro atoms. The summed E-state index contributed by atoms with van der Waals surface area (Å²) in [5.41, 5.74) is 2.97. The molecule has 0 aliphatic carbocycles. The fourth-order valence-electron chi connectivity index (χ4n) is 5.06. The zero-order valence-electron chi connectivity index (χ0n) is 22.1. The topological polar surface area (TPSA) is 115 Å². The second-order valence-electron chi connectivity index (χ2n) is 10.3. The number of nitrogens with zero attached hydrogens (tertiary/aromatic N) is 5. The lowest BCUT2D eigenvalue weighted by atomic mass is 10.00. The molecule has 3 N–H and O–H groups in total. The van der Waals surface area contributed by atoms with E-state index < -0.39 is 6.10 Å². The van der Waals surface area contributed by atoms with Crippen LogP contribution in [-0.4, -0.2) is 122 Å². The van der Waals surface area contributed by atoms with Gasteiger partial charge in [-0.2, -0.15) is 4.98 Å². The Hall–Kier alpha value is -2.83. The lowest BCUT2D eigenvalue weighted by Gasteiger charge is -2.35. The highest BCUT2D eigenvalue weighted by atomic mass is 16.5. The van der Waals surface area contributed by atoms with Crippen molar-refractivity contribution in [3.63, 3.8) is 0 Å². The zero-order chi connectivity index (χ0) is 26.3. The van der Waals surface area contributed by atoms with E-state index in [4.69, 9.17) is 14.5 Å². The number of methoxy groups -OCH3 is 1. The van der Waals surface area contributed by atoms with Crippen LogP contribution in [0, 0.1) is 0 Å². The normalized spacial score (nSPS) is 19.5. The number of hydrogen-bond donors (Lipinski definition) is 3. The summed E-state index contributed by atoms with van der Waals surface area (Å²) in [6, 6.07) is 10.3. The monoisotopic (exact) mass is 525 g/mol. The molecule has 11 heteroatoms. The van der Waals surface area contributed by atoms with Gasteiger partial charge in [-0.15, -0.1) is 0 Å². The van der Waals surface area contributed by atoms with Crippen molar-refractivity contribution < 1.29 is 19.4 Å². The lowest BCUT2D eigenvalue weighted by Crippen LogP contribution is -2.48. The molecule has 38 heavy (non-hydrogen) atoms. The van der Waals surface area contributed by atoms with E-state index >= 15 is 0 Å². The van der Waals surface area contributed by atoms with Crippen molar-refractivity contribution >= 4 is 17.7 Å². The molecule has 1 aromatic carbocycles. The van der Waals surface area contributed by atoms with Gasteiger partial charge in [-0.25, -0.2) is 4.98 Å². The molecule has 0 bridgehead atoms. The van der Waals surface area contributed by atoms with Crippen LogP contribution in [0.15, 0.2) is 30.3 Å². The molecule has 4 heterocycles. The standard InChI is InChI=1S/C27H39N7O4/c1-37-13-12-32-8-10-34(11-9-32)27-30-24(14-25(31-27)29-22-18-38-19-22)26(36)28-15-23(35)17-33-7-6-20-4-2-3-5-21(20)16-33/h2-5,14,22-23,35H,6-13,15-19H2,1H3,(H,28,36)(H,29,30,31)/t23-/m0/s1. The van der Waals surface area contributed by atoms with Crippen molar-refractivity contribution in [1.82, 2.24) is 25.1 Å². The van der Waals surface area contributed by atoms with Crippen LogP contribution in [0.25, 0.3) is 0 Å². The first-order valence-corrected chi connectivity index (χ1v) is 13.5. The summed E-state index contributed by atoms with van der Waals surface area (Å²) >= 11 is 0. The summed E-state index contributed by atoms with van der Waals surface area (Å²) < 4.78 is 10.5. The predicted octanol–water partition coefficient (Wildman–Crippen LogP) is 0.205. The van der Waals surface area contributed by atoms with Gasteiger partial charge in [-0.05, 0) is 17.5 Å². The van der Waals surface area contributed by atoms with Crippen LogP contribution < -0.4 is 15.5 Å². The lowest BCUT2D eigenvalue weighted by molar-refractivity contribution is 0.0209. The van der Waals surface area contributed by atoms with Crippen molar-refractivity contribution in [3.8, 4) is 0 Å². The third kappa shape index (κ3) is 6.97. The number of aliphatic hydroxyl groups excluding tert-OH is 1. The maximum Gasteiger partial charge on any atom is 0.270 e. The van der Waals surface area contributed by atoms with Gasteiger partial charge in [0, 0.05) is 72.1 Å². The molecule has 0 radical (unpaired) electrons. The van der Waals surface area contributed by atoms with E-state index in [1.165, 1.54) is 11.1 Å². The van der Waals surface area contributed by atoms with E-state index in [1.54, 1.807) is 13.2 Å². The second kappa shape index (κ2) is 12.8. The minimum Gasteiger partial charge on any atom is -0.390 e. The fourth-order valence-corrected chi connectivity index (χ4v) is 5.06. The highest BCUT2D eigenvalue weighted by Crippen LogP contribution is 2.20. The fraction of sp³-hybridized carbons (Fsp3) is 0.593. The number of fused-ring (bicyclic) bond motifs is 1. The van der Waals surface area contributed by atoms with Crippen molar-refractivity contribution in [2.24, 2.45) is 0 Å². The molecule has 2 saturated heterocycles. The van der Waals surface area contributed by atoms with Crippen molar-refractivity contribution in [2.75, 3.05) is 89.5 Å². The maximum absolute atomic E-state index is 13.1. The van der Waals surface area contributed by atoms with E-state index in [0.29, 0.717) is 43.8 Å². The van der Waals surface area contributed by atoms with Gasteiger partial charge in [0.05, 0.1) is 32.0 Å². The van der Waals surface area contributed by atoms with E-state index in [1.807, 2.05) is 0 Å². The van der Waals surface area contributed by atoms with E-state index in [9.17, 15) is 9.90 Å². The average Bonchev–Trinajstić information content (AvgIpc) is 2.92. The van der Waals surface area contributed by atoms with Gasteiger partial charge < -0.3 is 30.1 Å². The first-order valence-electron chi connectivity index (χ1n) is 13.5. The van der Waals surface area contributed by atoms with Gasteiger partial charge >= 0.3 is 0 Å². The van der Waals surface area contributed by atoms with Crippen molar-refractivity contribution in [2.45, 2.75) is 25.1 Å². The Morgan fingerprint density at radius 3 is 2.66 bits per heavy atom. The number of β-amino-alcohol motifs (C(OH)–C–C–N with tert-alkyl or cyclic N) is 1. The number of piperazine rings is 1. The van der Waals surface area contributed by atoms with Gasteiger partial charge in [-0.3, -0.25) is 14.6 Å². The Balaban J connectivity index is 1.18. The summed E-state index contributed by atoms with van der Waals surface area (Å²) in [4.78, 5) is 29.1. The van der Waals surface area contributed by atoms with Crippen LogP contribution in [0.1, 0.15) is 21.6 Å². The van der Waals surface area contributed by atoms with Crippen LogP contribution >= 0.6 is 0 Å². The van der Waals surface area contributed by atoms with Crippen LogP contribution in [0.5, 0.6) is 0 Å². The highest BCUT2D eigenvalue weighted by Gasteiger charge is 2.24. The van der Waals surface area contributed by atoms with Crippen LogP contribution in [0.3, 0.4) is 0 Å². The van der Waals surface area contributed by atoms with Crippen molar-refractivity contribution in [3.05, 3.63) is 47.2 Å². The summed E-state index contributed by atoms with van der Waals surface area (Å²) in [5, 5.41) is 16.9. The van der Waals surface area contributed by atoms with Gasteiger partial charge in [0.1, 0.15) is 11.5 Å². The largest absolute Gasteiger partial charge is 0.390 e. The van der Waals surface area contributed by atoms with Crippen LogP contribution in [0.2, 0.25) is 0 Å². The minimum atomic E-state index is -0.671. The highest BCUT2D eigenvalue weighted by molar-refractivity contribution is 5.93. The quantitative estimate of drug-likeness (QED) is 0.376. The summed E-state index contributed by atoms with van der Waals surface area (Å²) in [7, 11) is 1.72. The molecule has 0 saturated carbocycles. The smallest absolute Gasteiger partial charge is 0.270 e. The van der Waals surface area contributed by atoms with Gasteiger partial charge in [-0.1, -0.05) is 24.3 Å². The van der Waals surface area contributed by atoms with Gasteiger partial charge in [0.25, 0.3) is 5.91 Å². The Bertz CT molecular complexity index is 1080. The molecule has 3 aliphatic rings. The molecule has 2 aromatic rings. The van der Waals surface area contributed by atoms with Gasteiger partial charge in [0.15, 0.2) is 0 Å². The number of amides is 1. The van der Waals surface area contributed by atoms with Crippen molar-refractivity contribution in [1.29, 1.82) is 0 Å². The molecule has 1 amide bonds. The third-order valence-electron chi connectivity index (χ3n) is 7.38. The van der Waals surface area contributed by atoms with Crippen LogP contribution in [0.4, 0.5) is 11.8 Å². The molecule has 2 fully saturated rings. The number of aromatic nitrogens is 2. The maximum atomic E-state index is 13.1. The number of hydrogen-bond acceptors (Lipinski definition) is 10. The molecule has 3 aliphatic heterocycles. The first-order chi connectivity index (χ1) is 18.6. The number of aliphatic hydroxyl groups is 1. The number of anilines is 2. The first kappa shape index (κ1) is 26.8. The molecule has 11 nitrogen and oxygen atoms in total. The SMILES string of the molecule is COCCN1CCN(c2nc(NC3COC3)cc(C(=O)NC[C@H](O)CN3CCc4ccccc4C3)n2)CC1. The summed E-state index contributed by atoms with van der Waals surface area (Å²) in [5.74, 6) is 0.838. The zero-order valence-corrected chi connectivity index (χ0v) is 22.1. The van der Waals surface area contributed by atoms with Crippen LogP contribution in [-0.2, 0) is 22.4 Å². The number of rotatable bonds is 11. The molecular weight excluding hydrogens is 486 g/mol. The van der Waals surface area contributed by atoms with E-state index in [-0.39, 0.29) is 18.5 Å². The second-order valence-corrected chi connectivity index (χ2v) is 10.3. The molecule has 1 aromatic heterocycles. The third-order valence-corrected chi connectivity index (χ3v) is 7.38. The number of ether oxygens (including phenoxy) is 2. The molecule has 5 rings (SSSR count). The van der Waals surface area contributed by atoms with Gasteiger partial charge in [0.2, 0.25) is 5.95 Å². The Kier molecular flexibility index (Phi) is 9.02. The number of benzene rings is 1. The van der Waals surface area contributed by atoms with E-state index in [2.05, 4.69) is 54.6 Å². The number of carbonyl (C=O) groups is 1. The minimum absolute atomic E-state index is 0.160. The molecule has 1 atom stereocenters. The predicted molar refractivity (Wildman–Crippen MR) is 145 cm³/mol. The Morgan fingerprint density at radius 2 is 1.92 bits per heavy atom. The number of carbonyl (C=O) groups excluding carboxylic acids is 1. The molecule has 206 valence electrons. The summed E-state index contributed by atoms with van der Waals surface area (Å²) in [6.45, 7) is 8.54. The number of nitrogens with one attached hydrogen (secondary N) is 2. The molecule has 0 unspecified atom stereocenters. The Labute approximate surface area is 224 Å². The average molecular weight is 526 g/mol. The molecular formula is C27H39N7O4. The summed E-state index contributed by atoms with van der Waals surface area (Å²) in [6.07, 6.45) is 0.303. The Morgan fingerprint density at radius 1 is 1.13 bits per heavy atom. The van der Waals surface area contributed by atoms with E-state index in [0.717, 1.165) is 52.2 Å².